The third kappa shape index (κ3) is 5.77. The molecule has 0 saturated carbocycles. The summed E-state index contributed by atoms with van der Waals surface area (Å²) < 4.78 is 1.85. The average Bonchev–Trinajstić information content (AvgIpc) is 3.27. The molecule has 2 aliphatic rings. The van der Waals surface area contributed by atoms with Gasteiger partial charge in [-0.15, -0.1) is 0 Å². The number of carbonyl (C=O) groups is 1. The summed E-state index contributed by atoms with van der Waals surface area (Å²) in [6.45, 7) is 8.15. The van der Waals surface area contributed by atoms with Gasteiger partial charge < -0.3 is 10.2 Å². The Morgan fingerprint density at radius 1 is 1.03 bits per heavy atom. The number of hydrogen-bond acceptors (Lipinski definition) is 5. The molecule has 2 amide bonds. The summed E-state index contributed by atoms with van der Waals surface area (Å²) in [6, 6.07) is 10.9. The Morgan fingerprint density at radius 3 is 2.62 bits per heavy atom. The molecule has 0 aliphatic carbocycles. The summed E-state index contributed by atoms with van der Waals surface area (Å²) in [4.78, 5) is 23.5. The molecule has 1 aromatic carbocycles. The molecule has 0 radical (unpaired) electrons. The number of rotatable bonds is 6. The number of piperazine rings is 1. The van der Waals surface area contributed by atoms with Gasteiger partial charge in [-0.3, -0.25) is 14.5 Å². The van der Waals surface area contributed by atoms with Crippen LogP contribution in [0.5, 0.6) is 0 Å². The van der Waals surface area contributed by atoms with E-state index < -0.39 is 0 Å². The quantitative estimate of drug-likeness (QED) is 0.795. The monoisotopic (exact) mass is 397 g/mol. The zero-order valence-electron chi connectivity index (χ0n) is 17.0. The van der Waals surface area contributed by atoms with Crippen LogP contribution in [0.15, 0.2) is 43.0 Å². The number of amides is 2. The van der Waals surface area contributed by atoms with Crippen molar-refractivity contribution in [2.75, 3.05) is 45.8 Å². The van der Waals surface area contributed by atoms with E-state index in [0.717, 1.165) is 71.7 Å². The second-order valence-electron chi connectivity index (χ2n) is 8.00. The van der Waals surface area contributed by atoms with E-state index in [1.54, 1.807) is 12.7 Å². The molecular weight excluding hydrogens is 366 g/mol. The first-order chi connectivity index (χ1) is 14.3. The van der Waals surface area contributed by atoms with Crippen LogP contribution in [0, 0.1) is 0 Å². The molecule has 29 heavy (non-hydrogen) atoms. The molecule has 2 fully saturated rings. The van der Waals surface area contributed by atoms with Gasteiger partial charge in [0.15, 0.2) is 0 Å². The number of likely N-dealkylation sites (tertiary alicyclic amines) is 1. The van der Waals surface area contributed by atoms with Crippen molar-refractivity contribution < 1.29 is 4.79 Å². The molecule has 8 heteroatoms. The maximum absolute atomic E-state index is 12.7. The summed E-state index contributed by atoms with van der Waals surface area (Å²) in [6.07, 6.45) is 5.51. The predicted octanol–water partition coefficient (Wildman–Crippen LogP) is 1.27. The molecule has 3 heterocycles. The number of aromatic nitrogens is 3. The van der Waals surface area contributed by atoms with Crippen LogP contribution in [-0.4, -0.2) is 87.4 Å². The van der Waals surface area contributed by atoms with Crippen LogP contribution in [0.1, 0.15) is 18.4 Å². The summed E-state index contributed by atoms with van der Waals surface area (Å²) in [5.41, 5.74) is 1.33. The Labute approximate surface area is 172 Å². The number of piperidine rings is 1. The van der Waals surface area contributed by atoms with Crippen LogP contribution in [0.4, 0.5) is 4.79 Å². The largest absolute Gasteiger partial charge is 0.334 e. The molecule has 2 aliphatic heterocycles. The third-order valence-corrected chi connectivity index (χ3v) is 5.85. The molecule has 4 rings (SSSR count). The zero-order valence-corrected chi connectivity index (χ0v) is 17.0. The van der Waals surface area contributed by atoms with Crippen molar-refractivity contribution in [1.29, 1.82) is 0 Å². The molecule has 1 atom stereocenters. The second kappa shape index (κ2) is 9.84. The number of carbonyl (C=O) groups excluding carboxylic acids is 1. The van der Waals surface area contributed by atoms with E-state index in [4.69, 9.17) is 0 Å². The lowest BCUT2D eigenvalue weighted by molar-refractivity contribution is 0.126. The normalized spacial score (nSPS) is 21.2. The Balaban J connectivity index is 1.18. The maximum atomic E-state index is 12.7. The van der Waals surface area contributed by atoms with Crippen molar-refractivity contribution in [1.82, 2.24) is 34.8 Å². The van der Waals surface area contributed by atoms with Crippen LogP contribution < -0.4 is 5.32 Å². The minimum atomic E-state index is 0.0903. The lowest BCUT2D eigenvalue weighted by Gasteiger charge is -2.37. The van der Waals surface area contributed by atoms with Crippen LogP contribution in [0.25, 0.3) is 0 Å². The van der Waals surface area contributed by atoms with E-state index in [2.05, 4.69) is 55.5 Å². The topological polar surface area (TPSA) is 69.5 Å². The van der Waals surface area contributed by atoms with Gasteiger partial charge in [0.25, 0.3) is 0 Å². The van der Waals surface area contributed by atoms with E-state index in [0.29, 0.717) is 0 Å². The van der Waals surface area contributed by atoms with Crippen molar-refractivity contribution in [2.45, 2.75) is 32.0 Å². The summed E-state index contributed by atoms with van der Waals surface area (Å²) in [5.74, 6) is 0. The van der Waals surface area contributed by atoms with E-state index in [-0.39, 0.29) is 12.1 Å². The Morgan fingerprint density at radius 2 is 1.86 bits per heavy atom. The highest BCUT2D eigenvalue weighted by Crippen LogP contribution is 2.14. The first-order valence-corrected chi connectivity index (χ1v) is 10.6. The maximum Gasteiger partial charge on any atom is 0.317 e. The van der Waals surface area contributed by atoms with Crippen LogP contribution in [-0.2, 0) is 13.1 Å². The van der Waals surface area contributed by atoms with Gasteiger partial charge in [-0.1, -0.05) is 30.3 Å². The highest BCUT2D eigenvalue weighted by molar-refractivity contribution is 5.74. The van der Waals surface area contributed by atoms with Gasteiger partial charge >= 0.3 is 6.03 Å². The number of benzene rings is 1. The summed E-state index contributed by atoms with van der Waals surface area (Å²) in [7, 11) is 0. The number of hydrogen-bond donors (Lipinski definition) is 1. The first-order valence-electron chi connectivity index (χ1n) is 10.6. The predicted molar refractivity (Wildman–Crippen MR) is 111 cm³/mol. The molecule has 1 aromatic heterocycles. The van der Waals surface area contributed by atoms with Crippen LogP contribution >= 0.6 is 0 Å². The SMILES string of the molecule is O=C(NC1CCCN(Cc2ccccc2)C1)N1CCN(CCn2cncn2)CC1. The highest BCUT2D eigenvalue weighted by atomic mass is 16.2. The summed E-state index contributed by atoms with van der Waals surface area (Å²) in [5, 5.41) is 7.42. The second-order valence-corrected chi connectivity index (χ2v) is 8.00. The molecule has 0 spiro atoms. The van der Waals surface area contributed by atoms with Crippen molar-refractivity contribution in [3.63, 3.8) is 0 Å². The first kappa shape index (κ1) is 19.8. The lowest BCUT2D eigenvalue weighted by Crippen LogP contribution is -2.56. The molecule has 1 N–H and O–H groups in total. The van der Waals surface area contributed by atoms with E-state index in [1.807, 2.05) is 9.58 Å². The molecule has 2 aromatic rings. The fourth-order valence-electron chi connectivity index (χ4n) is 4.19. The number of nitrogens with zero attached hydrogens (tertiary/aromatic N) is 6. The fraction of sp³-hybridized carbons (Fsp3) is 0.571. The van der Waals surface area contributed by atoms with E-state index >= 15 is 0 Å². The smallest absolute Gasteiger partial charge is 0.317 e. The molecule has 1 unspecified atom stereocenters. The van der Waals surface area contributed by atoms with Crippen molar-refractivity contribution in [3.05, 3.63) is 48.5 Å². The molecule has 0 bridgehead atoms. The highest BCUT2D eigenvalue weighted by Gasteiger charge is 2.25. The van der Waals surface area contributed by atoms with Crippen LogP contribution in [0.3, 0.4) is 0 Å². The molecule has 2 saturated heterocycles. The Kier molecular flexibility index (Phi) is 6.74. The van der Waals surface area contributed by atoms with Gasteiger partial charge in [-0.05, 0) is 24.9 Å². The number of nitrogens with one attached hydrogen (secondary N) is 1. The number of urea groups is 1. The van der Waals surface area contributed by atoms with E-state index in [9.17, 15) is 4.79 Å². The minimum absolute atomic E-state index is 0.0903. The molecular formula is C21H31N7O. The summed E-state index contributed by atoms with van der Waals surface area (Å²) >= 11 is 0. The van der Waals surface area contributed by atoms with Gasteiger partial charge in [-0.2, -0.15) is 5.10 Å². The van der Waals surface area contributed by atoms with Gasteiger partial charge in [0.1, 0.15) is 12.7 Å². The fourth-order valence-corrected chi connectivity index (χ4v) is 4.19. The average molecular weight is 398 g/mol. The molecule has 156 valence electrons. The minimum Gasteiger partial charge on any atom is -0.334 e. The lowest BCUT2D eigenvalue weighted by atomic mass is 10.0. The van der Waals surface area contributed by atoms with E-state index in [1.165, 1.54) is 5.56 Å². The Bertz CT molecular complexity index is 744. The van der Waals surface area contributed by atoms with Crippen molar-refractivity contribution in [2.24, 2.45) is 0 Å². The van der Waals surface area contributed by atoms with Crippen LogP contribution in [0.2, 0.25) is 0 Å². The zero-order chi connectivity index (χ0) is 19.9. The van der Waals surface area contributed by atoms with Crippen molar-refractivity contribution in [3.8, 4) is 0 Å². The van der Waals surface area contributed by atoms with Gasteiger partial charge in [0, 0.05) is 51.9 Å². The van der Waals surface area contributed by atoms with Gasteiger partial charge in [-0.25, -0.2) is 9.78 Å². The molecule has 8 nitrogen and oxygen atoms in total. The van der Waals surface area contributed by atoms with Gasteiger partial charge in [0.05, 0.1) is 6.54 Å². The Hall–Kier alpha value is -2.45. The third-order valence-electron chi connectivity index (χ3n) is 5.85. The van der Waals surface area contributed by atoms with Crippen molar-refractivity contribution >= 4 is 6.03 Å². The van der Waals surface area contributed by atoms with Gasteiger partial charge in [0.2, 0.25) is 0 Å². The standard InChI is InChI=1S/C21H31N7O/c29-21(27-12-9-25(10-13-27)11-14-28-18-22-17-23-28)24-20-7-4-8-26(16-20)15-19-5-2-1-3-6-19/h1-3,5-6,17-18,20H,4,7-16H2,(H,24,29).